The molecule has 10 heteroatoms. The molecule has 2 fully saturated rings. The van der Waals surface area contributed by atoms with Gasteiger partial charge in [0.05, 0.1) is 36.5 Å². The smallest absolute Gasteiger partial charge is 0.327 e. The minimum atomic E-state index is -0.549. The van der Waals surface area contributed by atoms with Gasteiger partial charge in [0.25, 0.3) is 0 Å². The van der Waals surface area contributed by atoms with Crippen LogP contribution in [-0.4, -0.2) is 66.1 Å². The van der Waals surface area contributed by atoms with E-state index in [1.165, 1.54) is 18.8 Å². The van der Waals surface area contributed by atoms with Gasteiger partial charge in [0.15, 0.2) is 0 Å². The first-order valence-corrected chi connectivity index (χ1v) is 11.6. The Balaban J connectivity index is 1.51. The van der Waals surface area contributed by atoms with Gasteiger partial charge in [0.1, 0.15) is 5.75 Å². The number of carbonyl (C=O) groups is 3. The number of fused-ring (bicyclic) bond motifs is 1. The summed E-state index contributed by atoms with van der Waals surface area (Å²) in [5, 5.41) is 9.33. The number of nitrogens with zero attached hydrogens (tertiary/aromatic N) is 2. The molecule has 2 aromatic rings. The number of methoxy groups -OCH3 is 1. The molecule has 174 valence electrons. The lowest BCUT2D eigenvalue weighted by Crippen LogP contribution is -2.72. The standard InChI is InChI=1S/C23H27N5O4S/c1-27-20-18(22(30)28(2)23(27)31)21(26-19(25-20)14-8-5-4-6-9-14)33-13-17(29)24-15-10-7-11-16(12-15)32-3/h4-12,18-21,25-26H,13H2,1-3H3,(H,24,29). The van der Waals surface area contributed by atoms with E-state index in [0.29, 0.717) is 11.4 Å². The molecule has 3 N–H and O–H groups in total. The summed E-state index contributed by atoms with van der Waals surface area (Å²) in [4.78, 5) is 40.9. The quantitative estimate of drug-likeness (QED) is 0.595. The molecular formula is C23H27N5O4S. The summed E-state index contributed by atoms with van der Waals surface area (Å²) in [5.74, 6) is -0.235. The van der Waals surface area contributed by atoms with Crippen LogP contribution in [0.25, 0.3) is 0 Å². The second-order valence-corrected chi connectivity index (χ2v) is 9.08. The van der Waals surface area contributed by atoms with Crippen LogP contribution < -0.4 is 20.7 Å². The molecule has 0 radical (unpaired) electrons. The van der Waals surface area contributed by atoms with Crippen LogP contribution in [-0.2, 0) is 9.59 Å². The van der Waals surface area contributed by atoms with Gasteiger partial charge < -0.3 is 15.0 Å². The Morgan fingerprint density at radius 3 is 2.58 bits per heavy atom. The van der Waals surface area contributed by atoms with Gasteiger partial charge >= 0.3 is 6.03 Å². The molecule has 4 atom stereocenters. The van der Waals surface area contributed by atoms with Crippen molar-refractivity contribution in [2.24, 2.45) is 5.92 Å². The number of urea groups is 1. The zero-order valence-electron chi connectivity index (χ0n) is 18.6. The maximum atomic E-state index is 13.0. The van der Waals surface area contributed by atoms with Gasteiger partial charge in [0.2, 0.25) is 11.8 Å². The highest BCUT2D eigenvalue weighted by Gasteiger charge is 2.51. The lowest BCUT2D eigenvalue weighted by Gasteiger charge is -2.50. The highest BCUT2D eigenvalue weighted by atomic mass is 32.2. The largest absolute Gasteiger partial charge is 0.497 e. The first-order chi connectivity index (χ1) is 15.9. The Morgan fingerprint density at radius 1 is 1.09 bits per heavy atom. The van der Waals surface area contributed by atoms with Crippen LogP contribution in [0.5, 0.6) is 5.75 Å². The van der Waals surface area contributed by atoms with Crippen LogP contribution in [0.1, 0.15) is 11.7 Å². The molecule has 2 aliphatic rings. The highest BCUT2D eigenvalue weighted by Crippen LogP contribution is 2.34. The number of benzene rings is 2. The van der Waals surface area contributed by atoms with Gasteiger partial charge in [-0.3, -0.25) is 25.1 Å². The number of imide groups is 1. The van der Waals surface area contributed by atoms with Gasteiger partial charge in [-0.15, -0.1) is 11.8 Å². The fourth-order valence-corrected chi connectivity index (χ4v) is 5.21. The predicted octanol–water partition coefficient (Wildman–Crippen LogP) is 2.05. The van der Waals surface area contributed by atoms with E-state index >= 15 is 0 Å². The molecule has 4 rings (SSSR count). The van der Waals surface area contributed by atoms with Crippen LogP contribution in [0.15, 0.2) is 54.6 Å². The third-order valence-corrected chi connectivity index (χ3v) is 7.05. The third-order valence-electron chi connectivity index (χ3n) is 5.84. The number of thioether (sulfide) groups is 1. The summed E-state index contributed by atoms with van der Waals surface area (Å²) in [5.41, 5.74) is 1.62. The molecule has 2 heterocycles. The van der Waals surface area contributed by atoms with E-state index in [2.05, 4.69) is 16.0 Å². The molecular weight excluding hydrogens is 442 g/mol. The number of amides is 4. The fraction of sp³-hybridized carbons (Fsp3) is 0.348. The van der Waals surface area contributed by atoms with Gasteiger partial charge in [-0.1, -0.05) is 36.4 Å². The van der Waals surface area contributed by atoms with Gasteiger partial charge in [-0.25, -0.2) is 4.79 Å². The van der Waals surface area contributed by atoms with Crippen molar-refractivity contribution >= 4 is 35.3 Å². The molecule has 4 unspecified atom stereocenters. The van der Waals surface area contributed by atoms with Gasteiger partial charge in [-0.2, -0.15) is 0 Å². The maximum absolute atomic E-state index is 13.0. The molecule has 2 aromatic carbocycles. The fourth-order valence-electron chi connectivity index (χ4n) is 4.10. The van der Waals surface area contributed by atoms with Crippen molar-refractivity contribution < 1.29 is 19.1 Å². The van der Waals surface area contributed by atoms with Crippen molar-refractivity contribution in [1.82, 2.24) is 20.4 Å². The van der Waals surface area contributed by atoms with Crippen molar-refractivity contribution in [3.05, 3.63) is 60.2 Å². The van der Waals surface area contributed by atoms with Crippen molar-refractivity contribution in [3.8, 4) is 5.75 Å². The van der Waals surface area contributed by atoms with E-state index in [0.717, 1.165) is 10.5 Å². The Labute approximate surface area is 196 Å². The van der Waals surface area contributed by atoms with Crippen LogP contribution in [0, 0.1) is 5.92 Å². The molecule has 0 aromatic heterocycles. The van der Waals surface area contributed by atoms with Crippen LogP contribution in [0.4, 0.5) is 10.5 Å². The average Bonchev–Trinajstić information content (AvgIpc) is 2.85. The number of nitrogens with one attached hydrogen (secondary N) is 3. The summed E-state index contributed by atoms with van der Waals surface area (Å²) in [7, 11) is 4.73. The van der Waals surface area contributed by atoms with Crippen LogP contribution >= 0.6 is 11.8 Å². The average molecular weight is 470 g/mol. The monoisotopic (exact) mass is 469 g/mol. The van der Waals surface area contributed by atoms with E-state index in [4.69, 9.17) is 4.74 Å². The second kappa shape index (κ2) is 9.82. The number of hydrogen-bond acceptors (Lipinski definition) is 7. The number of ether oxygens (including phenoxy) is 1. The van der Waals surface area contributed by atoms with E-state index < -0.39 is 12.1 Å². The van der Waals surface area contributed by atoms with E-state index in [1.54, 1.807) is 43.3 Å². The summed E-state index contributed by atoms with van der Waals surface area (Å²) >= 11 is 1.35. The van der Waals surface area contributed by atoms with Crippen LogP contribution in [0.3, 0.4) is 0 Å². The molecule has 4 amide bonds. The summed E-state index contributed by atoms with van der Waals surface area (Å²) in [6.45, 7) is 0. The summed E-state index contributed by atoms with van der Waals surface area (Å²) in [6.07, 6.45) is -0.774. The van der Waals surface area contributed by atoms with E-state index in [1.807, 2.05) is 30.3 Å². The Hall–Kier alpha value is -3.08. The zero-order valence-corrected chi connectivity index (χ0v) is 19.5. The zero-order chi connectivity index (χ0) is 23.5. The Morgan fingerprint density at radius 2 is 1.85 bits per heavy atom. The van der Waals surface area contributed by atoms with Gasteiger partial charge in [-0.05, 0) is 17.7 Å². The SMILES string of the molecule is COc1cccc(NC(=O)CSC2NC(c3ccccc3)NC3C2C(=O)N(C)C(=O)N3C)c1. The number of rotatable bonds is 6. The van der Waals surface area contributed by atoms with Crippen molar-refractivity contribution in [3.63, 3.8) is 0 Å². The Bertz CT molecular complexity index is 1040. The molecule has 33 heavy (non-hydrogen) atoms. The van der Waals surface area contributed by atoms with E-state index in [9.17, 15) is 14.4 Å². The minimum Gasteiger partial charge on any atom is -0.497 e. The summed E-state index contributed by atoms with van der Waals surface area (Å²) < 4.78 is 5.20. The van der Waals surface area contributed by atoms with Crippen LogP contribution in [0.2, 0.25) is 0 Å². The summed E-state index contributed by atoms with van der Waals surface area (Å²) in [6, 6.07) is 16.5. The predicted molar refractivity (Wildman–Crippen MR) is 127 cm³/mol. The lowest BCUT2D eigenvalue weighted by molar-refractivity contribution is -0.140. The Kier molecular flexibility index (Phi) is 6.87. The normalized spacial score (nSPS) is 24.9. The van der Waals surface area contributed by atoms with Crippen molar-refractivity contribution in [2.45, 2.75) is 17.7 Å². The van der Waals surface area contributed by atoms with Crippen molar-refractivity contribution in [2.75, 3.05) is 32.3 Å². The molecule has 2 aliphatic heterocycles. The minimum absolute atomic E-state index is 0.133. The molecule has 0 aliphatic carbocycles. The highest BCUT2D eigenvalue weighted by molar-refractivity contribution is 8.00. The first kappa shape index (κ1) is 23.1. The third kappa shape index (κ3) is 4.82. The molecule has 0 spiro atoms. The molecule has 2 saturated heterocycles. The maximum Gasteiger partial charge on any atom is 0.327 e. The topological polar surface area (TPSA) is 103 Å². The van der Waals surface area contributed by atoms with E-state index in [-0.39, 0.29) is 35.1 Å². The number of anilines is 1. The molecule has 9 nitrogen and oxygen atoms in total. The number of carbonyl (C=O) groups excluding carboxylic acids is 3. The first-order valence-electron chi connectivity index (χ1n) is 10.6. The lowest BCUT2D eigenvalue weighted by atomic mass is 9.96. The van der Waals surface area contributed by atoms with Crippen molar-refractivity contribution in [1.29, 1.82) is 0 Å². The second-order valence-electron chi connectivity index (χ2n) is 7.95. The number of hydrogen-bond donors (Lipinski definition) is 3. The molecule has 0 saturated carbocycles. The molecule has 0 bridgehead atoms. The van der Waals surface area contributed by atoms with Gasteiger partial charge in [0, 0.05) is 25.8 Å².